The predicted molar refractivity (Wildman–Crippen MR) is 88.0 cm³/mol. The SMILES string of the molecule is CN=C(NCCCOC)NCC1CCCc2ccccc21. The van der Waals surface area contributed by atoms with E-state index >= 15 is 0 Å². The van der Waals surface area contributed by atoms with Gasteiger partial charge in [0.05, 0.1) is 0 Å². The topological polar surface area (TPSA) is 45.7 Å². The van der Waals surface area contributed by atoms with Crippen molar-refractivity contribution in [1.29, 1.82) is 0 Å². The first kappa shape index (κ1) is 15.8. The fourth-order valence-corrected chi connectivity index (χ4v) is 2.93. The van der Waals surface area contributed by atoms with Gasteiger partial charge in [-0.3, -0.25) is 4.99 Å². The van der Waals surface area contributed by atoms with Gasteiger partial charge in [-0.05, 0) is 36.8 Å². The van der Waals surface area contributed by atoms with Crippen molar-refractivity contribution in [2.45, 2.75) is 31.6 Å². The van der Waals surface area contributed by atoms with Crippen molar-refractivity contribution in [2.24, 2.45) is 4.99 Å². The number of guanidine groups is 1. The molecule has 4 nitrogen and oxygen atoms in total. The number of fused-ring (bicyclic) bond motifs is 1. The second kappa shape index (κ2) is 8.67. The summed E-state index contributed by atoms with van der Waals surface area (Å²) in [4.78, 5) is 4.28. The Morgan fingerprint density at radius 3 is 3.00 bits per heavy atom. The van der Waals surface area contributed by atoms with Crippen LogP contribution in [-0.2, 0) is 11.2 Å². The van der Waals surface area contributed by atoms with Gasteiger partial charge < -0.3 is 15.4 Å². The third kappa shape index (κ3) is 4.74. The third-order valence-electron chi connectivity index (χ3n) is 4.05. The van der Waals surface area contributed by atoms with Gasteiger partial charge in [0, 0.05) is 39.8 Å². The first-order valence-corrected chi connectivity index (χ1v) is 7.86. The summed E-state index contributed by atoms with van der Waals surface area (Å²) in [6, 6.07) is 8.83. The van der Waals surface area contributed by atoms with E-state index in [4.69, 9.17) is 4.74 Å². The molecule has 1 unspecified atom stereocenters. The molecule has 1 aliphatic rings. The van der Waals surface area contributed by atoms with Gasteiger partial charge in [0.15, 0.2) is 5.96 Å². The van der Waals surface area contributed by atoms with E-state index in [-0.39, 0.29) is 0 Å². The second-order valence-electron chi connectivity index (χ2n) is 5.51. The van der Waals surface area contributed by atoms with Gasteiger partial charge in [-0.1, -0.05) is 24.3 Å². The van der Waals surface area contributed by atoms with Gasteiger partial charge in [-0.2, -0.15) is 0 Å². The molecule has 1 aliphatic carbocycles. The minimum absolute atomic E-state index is 0.590. The number of benzene rings is 1. The molecule has 0 spiro atoms. The lowest BCUT2D eigenvalue weighted by atomic mass is 9.83. The lowest BCUT2D eigenvalue weighted by Gasteiger charge is -2.26. The minimum Gasteiger partial charge on any atom is -0.385 e. The molecule has 4 heteroatoms. The Morgan fingerprint density at radius 2 is 2.19 bits per heavy atom. The zero-order valence-electron chi connectivity index (χ0n) is 13.2. The second-order valence-corrected chi connectivity index (χ2v) is 5.51. The Kier molecular flexibility index (Phi) is 6.54. The monoisotopic (exact) mass is 289 g/mol. The quantitative estimate of drug-likeness (QED) is 0.480. The number of aliphatic imine (C=N–C) groups is 1. The summed E-state index contributed by atoms with van der Waals surface area (Å²) in [6.45, 7) is 2.61. The maximum Gasteiger partial charge on any atom is 0.190 e. The lowest BCUT2D eigenvalue weighted by molar-refractivity contribution is 0.195. The average Bonchev–Trinajstić information content (AvgIpc) is 2.54. The van der Waals surface area contributed by atoms with Crippen molar-refractivity contribution >= 4 is 5.96 Å². The number of ether oxygens (including phenoxy) is 1. The van der Waals surface area contributed by atoms with Gasteiger partial charge in [-0.15, -0.1) is 0 Å². The molecule has 0 bridgehead atoms. The number of aryl methyl sites for hydroxylation is 1. The lowest BCUT2D eigenvalue weighted by Crippen LogP contribution is -2.40. The van der Waals surface area contributed by atoms with Gasteiger partial charge in [0.1, 0.15) is 0 Å². The first-order valence-electron chi connectivity index (χ1n) is 7.86. The number of nitrogens with zero attached hydrogens (tertiary/aromatic N) is 1. The van der Waals surface area contributed by atoms with Crippen molar-refractivity contribution in [2.75, 3.05) is 33.9 Å². The molecule has 2 rings (SSSR count). The number of hydrogen-bond acceptors (Lipinski definition) is 2. The Balaban J connectivity index is 1.82. The highest BCUT2D eigenvalue weighted by Gasteiger charge is 2.19. The maximum absolute atomic E-state index is 5.05. The summed E-state index contributed by atoms with van der Waals surface area (Å²) >= 11 is 0. The number of nitrogens with one attached hydrogen (secondary N) is 2. The highest BCUT2D eigenvalue weighted by atomic mass is 16.5. The number of methoxy groups -OCH3 is 1. The van der Waals surface area contributed by atoms with Crippen LogP contribution < -0.4 is 10.6 Å². The zero-order valence-corrected chi connectivity index (χ0v) is 13.2. The summed E-state index contributed by atoms with van der Waals surface area (Å²) < 4.78 is 5.05. The van der Waals surface area contributed by atoms with Crippen LogP contribution in [0, 0.1) is 0 Å². The summed E-state index contributed by atoms with van der Waals surface area (Å²) in [5.74, 6) is 1.47. The first-order chi connectivity index (χ1) is 10.3. The van der Waals surface area contributed by atoms with E-state index in [1.807, 2.05) is 7.05 Å². The molecular formula is C17H27N3O. The predicted octanol–water partition coefficient (Wildman–Crippen LogP) is 2.31. The summed E-state index contributed by atoms with van der Waals surface area (Å²) in [7, 11) is 3.55. The van der Waals surface area contributed by atoms with Crippen LogP contribution in [0.15, 0.2) is 29.3 Å². The molecule has 0 fully saturated rings. The molecule has 116 valence electrons. The third-order valence-corrected chi connectivity index (χ3v) is 4.05. The summed E-state index contributed by atoms with van der Waals surface area (Å²) in [6.07, 6.45) is 4.74. The van der Waals surface area contributed by atoms with Crippen LogP contribution in [-0.4, -0.2) is 39.8 Å². The number of rotatable bonds is 6. The van der Waals surface area contributed by atoms with Crippen molar-refractivity contribution in [3.63, 3.8) is 0 Å². The van der Waals surface area contributed by atoms with Crippen molar-refractivity contribution < 1.29 is 4.74 Å². The van der Waals surface area contributed by atoms with E-state index < -0.39 is 0 Å². The molecular weight excluding hydrogens is 262 g/mol. The van der Waals surface area contributed by atoms with Crippen LogP contribution in [0.3, 0.4) is 0 Å². The van der Waals surface area contributed by atoms with E-state index in [1.54, 1.807) is 7.11 Å². The fraction of sp³-hybridized carbons (Fsp3) is 0.588. The Labute approximate surface area is 128 Å². The molecule has 0 heterocycles. The standard InChI is InChI=1S/C17H27N3O/c1-18-17(19-11-6-12-21-2)20-13-15-9-5-8-14-7-3-4-10-16(14)15/h3-4,7,10,15H,5-6,8-9,11-13H2,1-2H3,(H2,18,19,20). The molecule has 0 radical (unpaired) electrons. The molecule has 1 aromatic rings. The Bertz CT molecular complexity index is 459. The van der Waals surface area contributed by atoms with Gasteiger partial charge in [-0.25, -0.2) is 0 Å². The van der Waals surface area contributed by atoms with Crippen LogP contribution in [0.2, 0.25) is 0 Å². The molecule has 1 aromatic carbocycles. The molecule has 0 aliphatic heterocycles. The van der Waals surface area contributed by atoms with Crippen molar-refractivity contribution in [3.05, 3.63) is 35.4 Å². The van der Waals surface area contributed by atoms with Crippen LogP contribution in [0.5, 0.6) is 0 Å². The average molecular weight is 289 g/mol. The Morgan fingerprint density at radius 1 is 1.33 bits per heavy atom. The smallest absolute Gasteiger partial charge is 0.190 e. The van der Waals surface area contributed by atoms with Crippen LogP contribution in [0.25, 0.3) is 0 Å². The zero-order chi connectivity index (χ0) is 14.9. The van der Waals surface area contributed by atoms with Crippen molar-refractivity contribution in [3.8, 4) is 0 Å². The molecule has 0 saturated heterocycles. The van der Waals surface area contributed by atoms with Gasteiger partial charge in [0.25, 0.3) is 0 Å². The van der Waals surface area contributed by atoms with Crippen LogP contribution >= 0.6 is 0 Å². The van der Waals surface area contributed by atoms with Crippen LogP contribution in [0.4, 0.5) is 0 Å². The minimum atomic E-state index is 0.590. The fourth-order valence-electron chi connectivity index (χ4n) is 2.93. The Hall–Kier alpha value is -1.55. The van der Waals surface area contributed by atoms with Crippen molar-refractivity contribution in [1.82, 2.24) is 10.6 Å². The van der Waals surface area contributed by atoms with E-state index in [9.17, 15) is 0 Å². The molecule has 1 atom stereocenters. The number of hydrogen-bond donors (Lipinski definition) is 2. The van der Waals surface area contributed by atoms with E-state index in [0.29, 0.717) is 5.92 Å². The molecule has 0 saturated carbocycles. The van der Waals surface area contributed by atoms with Gasteiger partial charge in [0.2, 0.25) is 0 Å². The van der Waals surface area contributed by atoms with Crippen LogP contribution in [0.1, 0.15) is 36.3 Å². The molecule has 2 N–H and O–H groups in total. The highest BCUT2D eigenvalue weighted by Crippen LogP contribution is 2.30. The molecule has 21 heavy (non-hydrogen) atoms. The van der Waals surface area contributed by atoms with E-state index in [1.165, 1.54) is 30.4 Å². The normalized spacial score (nSPS) is 18.2. The molecule has 0 aromatic heterocycles. The molecule has 0 amide bonds. The highest BCUT2D eigenvalue weighted by molar-refractivity contribution is 5.79. The van der Waals surface area contributed by atoms with E-state index in [0.717, 1.165) is 32.1 Å². The van der Waals surface area contributed by atoms with Gasteiger partial charge >= 0.3 is 0 Å². The summed E-state index contributed by atoms with van der Waals surface area (Å²) in [5.41, 5.74) is 3.02. The maximum atomic E-state index is 5.05. The summed E-state index contributed by atoms with van der Waals surface area (Å²) in [5, 5.41) is 6.78. The van der Waals surface area contributed by atoms with E-state index in [2.05, 4.69) is 39.9 Å². The largest absolute Gasteiger partial charge is 0.385 e.